The monoisotopic (exact) mass is 376 g/mol. The Morgan fingerprint density at radius 2 is 1.85 bits per heavy atom. The van der Waals surface area contributed by atoms with Crippen LogP contribution in [0.25, 0.3) is 16.9 Å². The maximum atomic E-state index is 13.5. The predicted molar refractivity (Wildman–Crippen MR) is 96.4 cm³/mol. The van der Waals surface area contributed by atoms with Gasteiger partial charge in [-0.2, -0.15) is 13.2 Å². The molecule has 0 unspecified atom stereocenters. The minimum Gasteiger partial charge on any atom is -0.384 e. The lowest BCUT2D eigenvalue weighted by molar-refractivity contribution is -0.137. The quantitative estimate of drug-likeness (QED) is 0.739. The van der Waals surface area contributed by atoms with Gasteiger partial charge in [0.25, 0.3) is 0 Å². The minimum absolute atomic E-state index is 0.0153. The van der Waals surface area contributed by atoms with Gasteiger partial charge in [0.05, 0.1) is 11.1 Å². The Balaban J connectivity index is 1.93. The van der Waals surface area contributed by atoms with Crippen LogP contribution in [0.2, 0.25) is 0 Å². The molecule has 6 nitrogen and oxygen atoms in total. The van der Waals surface area contributed by atoms with Gasteiger partial charge in [0.2, 0.25) is 0 Å². The van der Waals surface area contributed by atoms with Gasteiger partial charge in [0.15, 0.2) is 11.6 Å². The second-order valence-corrected chi connectivity index (χ2v) is 6.81. The second-order valence-electron chi connectivity index (χ2n) is 6.81. The highest BCUT2D eigenvalue weighted by molar-refractivity contribution is 5.73. The molecule has 142 valence electrons. The highest BCUT2D eigenvalue weighted by atomic mass is 19.4. The number of fused-ring (bicyclic) bond motifs is 1. The van der Waals surface area contributed by atoms with Crippen LogP contribution in [-0.4, -0.2) is 32.7 Å². The van der Waals surface area contributed by atoms with Crippen molar-refractivity contribution in [1.82, 2.24) is 19.6 Å². The zero-order valence-corrected chi connectivity index (χ0v) is 14.8. The van der Waals surface area contributed by atoms with Crippen LogP contribution in [0.1, 0.15) is 30.4 Å². The van der Waals surface area contributed by atoms with E-state index in [2.05, 4.69) is 20.0 Å². The zero-order chi connectivity index (χ0) is 19.2. The van der Waals surface area contributed by atoms with E-state index in [4.69, 9.17) is 5.73 Å². The molecule has 4 heterocycles. The van der Waals surface area contributed by atoms with Gasteiger partial charge in [-0.25, -0.2) is 14.5 Å². The van der Waals surface area contributed by atoms with Gasteiger partial charge in [-0.3, -0.25) is 0 Å². The summed E-state index contributed by atoms with van der Waals surface area (Å²) in [7, 11) is 0. The largest absolute Gasteiger partial charge is 0.417 e. The van der Waals surface area contributed by atoms with E-state index in [1.165, 1.54) is 0 Å². The second kappa shape index (κ2) is 6.40. The van der Waals surface area contributed by atoms with E-state index >= 15 is 0 Å². The molecule has 1 saturated heterocycles. The molecule has 4 rings (SSSR count). The summed E-state index contributed by atoms with van der Waals surface area (Å²) in [5.74, 6) is 0.441. The molecule has 0 radical (unpaired) electrons. The predicted octanol–water partition coefficient (Wildman–Crippen LogP) is 3.69. The number of pyridine rings is 1. The first-order valence-corrected chi connectivity index (χ1v) is 8.78. The summed E-state index contributed by atoms with van der Waals surface area (Å²) in [5, 5.41) is 4.32. The van der Waals surface area contributed by atoms with Gasteiger partial charge < -0.3 is 10.6 Å². The first kappa shape index (κ1) is 17.6. The van der Waals surface area contributed by atoms with Crippen LogP contribution in [0.4, 0.5) is 24.8 Å². The Morgan fingerprint density at radius 3 is 2.56 bits per heavy atom. The summed E-state index contributed by atoms with van der Waals surface area (Å²) in [6, 6.07) is 2.77. The third-order valence-electron chi connectivity index (χ3n) is 4.71. The summed E-state index contributed by atoms with van der Waals surface area (Å²) in [4.78, 5) is 10.5. The highest BCUT2D eigenvalue weighted by Crippen LogP contribution is 2.37. The molecule has 0 atom stereocenters. The number of nitrogens with zero attached hydrogens (tertiary/aromatic N) is 5. The van der Waals surface area contributed by atoms with E-state index in [9.17, 15) is 13.2 Å². The Morgan fingerprint density at radius 1 is 1.11 bits per heavy atom. The summed E-state index contributed by atoms with van der Waals surface area (Å²) >= 11 is 0. The maximum Gasteiger partial charge on any atom is 0.417 e. The SMILES string of the molecule is Cc1cc2c(N3CCCCC3)nc(-c3cnc(N)cc3C(F)(F)F)nn2c1. The molecule has 0 amide bonds. The average Bonchev–Trinajstić information content (AvgIpc) is 3.01. The van der Waals surface area contributed by atoms with Crippen molar-refractivity contribution in [2.24, 2.45) is 0 Å². The lowest BCUT2D eigenvalue weighted by Crippen LogP contribution is -2.31. The van der Waals surface area contributed by atoms with E-state index in [1.807, 2.05) is 13.0 Å². The molecule has 0 aromatic carbocycles. The Labute approximate surface area is 153 Å². The van der Waals surface area contributed by atoms with Crippen LogP contribution in [0.15, 0.2) is 24.5 Å². The minimum atomic E-state index is -4.58. The van der Waals surface area contributed by atoms with Crippen molar-refractivity contribution < 1.29 is 13.2 Å². The molecule has 0 bridgehead atoms. The van der Waals surface area contributed by atoms with E-state index < -0.39 is 11.7 Å². The number of nitrogen functional groups attached to an aromatic ring is 1. The van der Waals surface area contributed by atoms with Crippen LogP contribution in [0, 0.1) is 6.92 Å². The van der Waals surface area contributed by atoms with Gasteiger partial charge in [0.1, 0.15) is 11.3 Å². The molecule has 3 aromatic rings. The molecule has 2 N–H and O–H groups in total. The van der Waals surface area contributed by atoms with Crippen molar-refractivity contribution in [2.45, 2.75) is 32.4 Å². The molecule has 0 spiro atoms. The number of piperidine rings is 1. The molecule has 9 heteroatoms. The van der Waals surface area contributed by atoms with Crippen molar-refractivity contribution in [3.63, 3.8) is 0 Å². The van der Waals surface area contributed by atoms with E-state index in [1.54, 1.807) is 10.7 Å². The highest BCUT2D eigenvalue weighted by Gasteiger charge is 2.35. The molecule has 0 aliphatic carbocycles. The molecule has 1 aliphatic rings. The van der Waals surface area contributed by atoms with Crippen LogP contribution >= 0.6 is 0 Å². The van der Waals surface area contributed by atoms with Gasteiger partial charge in [-0.05, 0) is 43.9 Å². The van der Waals surface area contributed by atoms with Gasteiger partial charge >= 0.3 is 6.18 Å². The van der Waals surface area contributed by atoms with Gasteiger partial charge in [-0.1, -0.05) is 0 Å². The number of alkyl halides is 3. The van der Waals surface area contributed by atoms with Crippen molar-refractivity contribution in [3.05, 3.63) is 35.7 Å². The van der Waals surface area contributed by atoms with E-state index in [0.29, 0.717) is 5.82 Å². The normalized spacial score (nSPS) is 15.5. The summed E-state index contributed by atoms with van der Waals surface area (Å²) < 4.78 is 42.2. The van der Waals surface area contributed by atoms with Crippen LogP contribution in [-0.2, 0) is 6.18 Å². The Hall–Kier alpha value is -2.84. The first-order valence-electron chi connectivity index (χ1n) is 8.78. The number of anilines is 2. The van der Waals surface area contributed by atoms with Crippen molar-refractivity contribution in [1.29, 1.82) is 0 Å². The zero-order valence-electron chi connectivity index (χ0n) is 14.8. The molecule has 1 fully saturated rings. The Bertz CT molecular complexity index is 989. The fourth-order valence-corrected chi connectivity index (χ4v) is 3.45. The van der Waals surface area contributed by atoms with Gasteiger partial charge in [-0.15, -0.1) is 5.10 Å². The fraction of sp³-hybridized carbons (Fsp3) is 0.389. The number of halogens is 3. The number of hydrogen-bond acceptors (Lipinski definition) is 5. The fourth-order valence-electron chi connectivity index (χ4n) is 3.45. The molecular weight excluding hydrogens is 357 g/mol. The van der Waals surface area contributed by atoms with Crippen LogP contribution in [0.3, 0.4) is 0 Å². The average molecular weight is 376 g/mol. The topological polar surface area (TPSA) is 72.3 Å². The smallest absolute Gasteiger partial charge is 0.384 e. The van der Waals surface area contributed by atoms with Crippen molar-refractivity contribution >= 4 is 17.2 Å². The molecule has 1 aliphatic heterocycles. The van der Waals surface area contributed by atoms with E-state index in [0.717, 1.165) is 55.7 Å². The number of rotatable bonds is 2. The number of aromatic nitrogens is 4. The number of hydrogen-bond donors (Lipinski definition) is 1. The number of nitrogens with two attached hydrogens (primary N) is 1. The summed E-state index contributed by atoms with van der Waals surface area (Å²) in [5.41, 5.74) is 6.16. The standard InChI is InChI=1S/C18H19F3N6/c1-11-7-14-17(26-5-3-2-4-6-26)24-16(25-27(14)10-11)12-9-23-15(22)8-13(12)18(19,20)21/h7-10H,2-6H2,1H3,(H2,22,23). The lowest BCUT2D eigenvalue weighted by atomic mass is 10.1. The van der Waals surface area contributed by atoms with Gasteiger partial charge in [0, 0.05) is 25.5 Å². The van der Waals surface area contributed by atoms with Crippen LogP contribution < -0.4 is 10.6 Å². The number of aryl methyl sites for hydroxylation is 1. The summed E-state index contributed by atoms with van der Waals surface area (Å²) in [6.45, 7) is 3.56. The lowest BCUT2D eigenvalue weighted by Gasteiger charge is -2.28. The maximum absolute atomic E-state index is 13.5. The molecular formula is C18H19F3N6. The molecule has 3 aromatic heterocycles. The van der Waals surface area contributed by atoms with Crippen LogP contribution in [0.5, 0.6) is 0 Å². The van der Waals surface area contributed by atoms with E-state index in [-0.39, 0.29) is 17.2 Å². The molecule has 0 saturated carbocycles. The third kappa shape index (κ3) is 3.29. The third-order valence-corrected chi connectivity index (χ3v) is 4.71. The van der Waals surface area contributed by atoms with Crippen molar-refractivity contribution in [2.75, 3.05) is 23.7 Å². The summed E-state index contributed by atoms with van der Waals surface area (Å²) in [6.07, 6.45) is 1.50. The first-order chi connectivity index (χ1) is 12.8. The molecule has 27 heavy (non-hydrogen) atoms. The van der Waals surface area contributed by atoms with Crippen molar-refractivity contribution in [3.8, 4) is 11.4 Å². The Kier molecular flexibility index (Phi) is 4.16.